The van der Waals surface area contributed by atoms with Gasteiger partial charge in [0.1, 0.15) is 5.76 Å². The number of rotatable bonds is 5. The zero-order valence-corrected chi connectivity index (χ0v) is 12.5. The van der Waals surface area contributed by atoms with Gasteiger partial charge in [-0.2, -0.15) is 0 Å². The van der Waals surface area contributed by atoms with Gasteiger partial charge in [0, 0.05) is 12.3 Å². The third-order valence-corrected chi connectivity index (χ3v) is 3.45. The summed E-state index contributed by atoms with van der Waals surface area (Å²) >= 11 is 0. The summed E-state index contributed by atoms with van der Waals surface area (Å²) in [6.07, 6.45) is 4.36. The monoisotopic (exact) mass is 281 g/mol. The molecule has 0 saturated carbocycles. The van der Waals surface area contributed by atoms with E-state index in [2.05, 4.69) is 5.16 Å². The molecule has 0 saturated heterocycles. The van der Waals surface area contributed by atoms with Crippen LogP contribution in [-0.2, 0) is 16.0 Å². The lowest BCUT2D eigenvalue weighted by molar-refractivity contribution is -0.143. The van der Waals surface area contributed by atoms with Crippen LogP contribution in [0.3, 0.4) is 0 Å². The number of nitrogens with zero attached hydrogens (tertiary/aromatic N) is 1. The first-order chi connectivity index (χ1) is 9.61. The van der Waals surface area contributed by atoms with Crippen molar-refractivity contribution in [2.45, 2.75) is 64.9 Å². The number of esters is 1. The maximum absolute atomic E-state index is 11.8. The van der Waals surface area contributed by atoms with Crippen LogP contribution in [0.4, 0.5) is 0 Å². The van der Waals surface area contributed by atoms with Crippen LogP contribution in [0.25, 0.3) is 0 Å². The summed E-state index contributed by atoms with van der Waals surface area (Å²) in [6.45, 7) is 6.15. The molecular weight excluding hydrogens is 258 g/mol. The highest BCUT2D eigenvalue weighted by Gasteiger charge is 2.30. The average molecular weight is 281 g/mol. The zero-order chi connectivity index (χ0) is 14.5. The van der Waals surface area contributed by atoms with Crippen molar-refractivity contribution in [2.75, 3.05) is 6.61 Å². The van der Waals surface area contributed by atoms with Crippen molar-refractivity contribution < 1.29 is 18.8 Å². The van der Waals surface area contributed by atoms with Gasteiger partial charge in [0.15, 0.2) is 0 Å². The van der Waals surface area contributed by atoms with Gasteiger partial charge in [-0.1, -0.05) is 6.42 Å². The number of carbonyl (C=O) groups is 1. The molecule has 112 valence electrons. The number of hydrogen-bond donors (Lipinski definition) is 0. The van der Waals surface area contributed by atoms with E-state index in [9.17, 15) is 4.79 Å². The molecular formula is C15H23NO4. The fraction of sp³-hybridized carbons (Fsp3) is 0.733. The molecule has 1 aromatic heterocycles. The molecule has 0 fully saturated rings. The third-order valence-electron chi connectivity index (χ3n) is 3.45. The number of carbonyl (C=O) groups excluding carboxylic acids is 1. The quantitative estimate of drug-likeness (QED) is 0.612. The predicted molar refractivity (Wildman–Crippen MR) is 73.8 cm³/mol. The largest absolute Gasteiger partial charge is 0.473 e. The Balaban J connectivity index is 2.21. The number of aryl methyl sites for hydroxylation is 1. The molecule has 1 aliphatic carbocycles. The fourth-order valence-corrected chi connectivity index (χ4v) is 2.65. The van der Waals surface area contributed by atoms with Crippen molar-refractivity contribution in [1.29, 1.82) is 0 Å². The molecule has 0 radical (unpaired) electrons. The van der Waals surface area contributed by atoms with Crippen LogP contribution in [0.5, 0.6) is 5.88 Å². The summed E-state index contributed by atoms with van der Waals surface area (Å²) in [7, 11) is 0. The molecule has 0 amide bonds. The molecule has 0 spiro atoms. The Kier molecular flexibility index (Phi) is 5.04. The van der Waals surface area contributed by atoms with Gasteiger partial charge in [0.25, 0.3) is 5.88 Å². The minimum absolute atomic E-state index is 0.0377. The van der Waals surface area contributed by atoms with Gasteiger partial charge in [-0.05, 0) is 38.8 Å². The topological polar surface area (TPSA) is 61.6 Å². The van der Waals surface area contributed by atoms with Crippen LogP contribution in [0, 0.1) is 0 Å². The summed E-state index contributed by atoms with van der Waals surface area (Å²) in [4.78, 5) is 11.8. The molecule has 5 heteroatoms. The second-order valence-corrected chi connectivity index (χ2v) is 5.44. The van der Waals surface area contributed by atoms with E-state index in [-0.39, 0.29) is 18.0 Å². The molecule has 1 unspecified atom stereocenters. The van der Waals surface area contributed by atoms with E-state index in [0.29, 0.717) is 18.9 Å². The van der Waals surface area contributed by atoms with Crippen LogP contribution < -0.4 is 4.74 Å². The fourth-order valence-electron chi connectivity index (χ4n) is 2.65. The highest BCUT2D eigenvalue weighted by atomic mass is 16.5. The van der Waals surface area contributed by atoms with Gasteiger partial charge in [0.05, 0.1) is 24.7 Å². The molecule has 5 nitrogen and oxygen atoms in total. The summed E-state index contributed by atoms with van der Waals surface area (Å²) in [5, 5.41) is 4.03. The Hall–Kier alpha value is -1.52. The van der Waals surface area contributed by atoms with E-state index < -0.39 is 0 Å². The van der Waals surface area contributed by atoms with Crippen LogP contribution in [0.2, 0.25) is 0 Å². The molecule has 1 heterocycles. The van der Waals surface area contributed by atoms with Crippen LogP contribution in [0.1, 0.15) is 63.7 Å². The molecule has 0 aromatic carbocycles. The summed E-state index contributed by atoms with van der Waals surface area (Å²) in [5.41, 5.74) is 0.976. The van der Waals surface area contributed by atoms with Crippen LogP contribution in [0.15, 0.2) is 4.52 Å². The first-order valence-electron chi connectivity index (χ1n) is 7.42. The summed E-state index contributed by atoms with van der Waals surface area (Å²) in [6, 6.07) is 0. The van der Waals surface area contributed by atoms with Crippen molar-refractivity contribution >= 4 is 5.97 Å². The Labute approximate surface area is 119 Å². The summed E-state index contributed by atoms with van der Waals surface area (Å²) in [5.74, 6) is 1.34. The van der Waals surface area contributed by atoms with Gasteiger partial charge < -0.3 is 14.0 Å². The van der Waals surface area contributed by atoms with E-state index in [1.807, 2.05) is 20.8 Å². The molecule has 0 N–H and O–H groups in total. The molecule has 0 bridgehead atoms. The molecule has 2 rings (SSSR count). The number of aromatic nitrogens is 1. The third kappa shape index (κ3) is 3.52. The first-order valence-corrected chi connectivity index (χ1v) is 7.42. The Morgan fingerprint density at radius 3 is 2.95 bits per heavy atom. The van der Waals surface area contributed by atoms with Gasteiger partial charge >= 0.3 is 5.97 Å². The van der Waals surface area contributed by atoms with E-state index in [1.165, 1.54) is 0 Å². The lowest BCUT2D eigenvalue weighted by Gasteiger charge is -2.15. The zero-order valence-electron chi connectivity index (χ0n) is 12.5. The standard InChI is InChI=1S/C15H23NO4/c1-4-18-13(17)9-11-7-5-6-8-12-14(11)15(16-20-12)19-10(2)3/h10-11H,4-9H2,1-3H3. The van der Waals surface area contributed by atoms with Crippen molar-refractivity contribution in [3.05, 3.63) is 11.3 Å². The molecule has 20 heavy (non-hydrogen) atoms. The van der Waals surface area contributed by atoms with Gasteiger partial charge in [-0.3, -0.25) is 4.79 Å². The van der Waals surface area contributed by atoms with Crippen LogP contribution >= 0.6 is 0 Å². The highest BCUT2D eigenvalue weighted by molar-refractivity contribution is 5.70. The van der Waals surface area contributed by atoms with Crippen molar-refractivity contribution in [3.63, 3.8) is 0 Å². The number of fused-ring (bicyclic) bond motifs is 1. The van der Waals surface area contributed by atoms with Gasteiger partial charge in [-0.25, -0.2) is 0 Å². The normalized spacial score (nSPS) is 18.5. The molecule has 1 aliphatic rings. The average Bonchev–Trinajstić information content (AvgIpc) is 2.64. The van der Waals surface area contributed by atoms with E-state index in [1.54, 1.807) is 0 Å². The Morgan fingerprint density at radius 2 is 2.25 bits per heavy atom. The van der Waals surface area contributed by atoms with E-state index >= 15 is 0 Å². The highest BCUT2D eigenvalue weighted by Crippen LogP contribution is 2.39. The van der Waals surface area contributed by atoms with E-state index in [0.717, 1.165) is 37.0 Å². The van der Waals surface area contributed by atoms with Gasteiger partial charge in [0.2, 0.25) is 0 Å². The lowest BCUT2D eigenvalue weighted by Crippen LogP contribution is -2.13. The second-order valence-electron chi connectivity index (χ2n) is 5.44. The van der Waals surface area contributed by atoms with E-state index in [4.69, 9.17) is 14.0 Å². The lowest BCUT2D eigenvalue weighted by atomic mass is 9.93. The number of hydrogen-bond acceptors (Lipinski definition) is 5. The first kappa shape index (κ1) is 14.9. The minimum atomic E-state index is -0.165. The minimum Gasteiger partial charge on any atom is -0.473 e. The molecule has 1 atom stereocenters. The Bertz CT molecular complexity index is 453. The second kappa shape index (κ2) is 6.77. The van der Waals surface area contributed by atoms with Crippen molar-refractivity contribution in [2.24, 2.45) is 0 Å². The molecule has 0 aliphatic heterocycles. The molecule has 1 aromatic rings. The van der Waals surface area contributed by atoms with Crippen LogP contribution in [-0.4, -0.2) is 23.8 Å². The van der Waals surface area contributed by atoms with Crippen molar-refractivity contribution in [1.82, 2.24) is 5.16 Å². The maximum atomic E-state index is 11.8. The number of ether oxygens (including phenoxy) is 2. The SMILES string of the molecule is CCOC(=O)CC1CCCCc2onc(OC(C)C)c21. The maximum Gasteiger partial charge on any atom is 0.306 e. The predicted octanol–water partition coefficient (Wildman–Crippen LogP) is 3.23. The summed E-state index contributed by atoms with van der Waals surface area (Å²) < 4.78 is 16.2. The van der Waals surface area contributed by atoms with Crippen molar-refractivity contribution in [3.8, 4) is 5.88 Å². The smallest absolute Gasteiger partial charge is 0.306 e. The van der Waals surface area contributed by atoms with Gasteiger partial charge in [-0.15, -0.1) is 0 Å². The Morgan fingerprint density at radius 1 is 1.45 bits per heavy atom.